The average Bonchev–Trinajstić information content (AvgIpc) is 2.34. The standard InChI is InChI=1S/C6H10N3/c7-3-1-2-6-4-8-9-5-6/h4H,1-3,7H2,(H,8,9). The summed E-state index contributed by atoms with van der Waals surface area (Å²) in [5.74, 6) is 0. The highest BCUT2D eigenvalue weighted by atomic mass is 15.1. The molecule has 0 aliphatic carbocycles. The first kappa shape index (κ1) is 6.29. The van der Waals surface area contributed by atoms with Crippen LogP contribution in [0.5, 0.6) is 0 Å². The minimum atomic E-state index is 0.735. The van der Waals surface area contributed by atoms with E-state index in [1.165, 1.54) is 0 Å². The maximum atomic E-state index is 5.30. The maximum Gasteiger partial charge on any atom is 0.116 e. The summed E-state index contributed by atoms with van der Waals surface area (Å²) >= 11 is 0. The molecule has 1 rings (SSSR count). The molecule has 0 saturated heterocycles. The minimum absolute atomic E-state index is 0.735. The molecule has 1 radical (unpaired) electrons. The number of nitrogens with zero attached hydrogens (tertiary/aromatic N) is 1. The number of H-pyrrole nitrogens is 1. The molecule has 0 spiro atoms. The Bertz CT molecular complexity index is 145. The normalized spacial score (nSPS) is 9.89. The fraction of sp³-hybridized carbons (Fsp3) is 0.500. The number of hydrogen-bond donors (Lipinski definition) is 2. The summed E-state index contributed by atoms with van der Waals surface area (Å²) in [4.78, 5) is 0. The third-order valence-corrected chi connectivity index (χ3v) is 1.15. The van der Waals surface area contributed by atoms with Gasteiger partial charge in [-0.05, 0) is 24.9 Å². The largest absolute Gasteiger partial charge is 0.330 e. The van der Waals surface area contributed by atoms with E-state index in [4.69, 9.17) is 5.73 Å². The van der Waals surface area contributed by atoms with Gasteiger partial charge in [-0.2, -0.15) is 5.10 Å². The van der Waals surface area contributed by atoms with Crippen LogP contribution in [0, 0.1) is 6.20 Å². The molecule has 3 nitrogen and oxygen atoms in total. The second-order valence-electron chi connectivity index (χ2n) is 1.91. The Morgan fingerprint density at radius 1 is 1.78 bits per heavy atom. The first-order valence-corrected chi connectivity index (χ1v) is 3.04. The third kappa shape index (κ3) is 1.85. The molecule has 9 heavy (non-hydrogen) atoms. The molecule has 1 aromatic rings. The number of aromatic nitrogens is 2. The maximum absolute atomic E-state index is 5.30. The summed E-state index contributed by atoms with van der Waals surface area (Å²) < 4.78 is 0. The molecule has 3 N–H and O–H groups in total. The van der Waals surface area contributed by atoms with Gasteiger partial charge in [0.15, 0.2) is 0 Å². The molecule has 0 unspecified atom stereocenters. The van der Waals surface area contributed by atoms with Crippen molar-refractivity contribution in [3.63, 3.8) is 0 Å². The van der Waals surface area contributed by atoms with E-state index in [1.807, 2.05) is 6.20 Å². The lowest BCUT2D eigenvalue weighted by Gasteiger charge is -1.89. The predicted octanol–water partition coefficient (Wildman–Crippen LogP) is 0.101. The van der Waals surface area contributed by atoms with Crippen molar-refractivity contribution in [3.8, 4) is 0 Å². The molecule has 0 aliphatic rings. The molecular formula is C6H10N3. The Labute approximate surface area is 54.3 Å². The monoisotopic (exact) mass is 124 g/mol. The predicted molar refractivity (Wildman–Crippen MR) is 34.8 cm³/mol. The highest BCUT2D eigenvalue weighted by Crippen LogP contribution is 1.95. The van der Waals surface area contributed by atoms with Crippen LogP contribution in [0.3, 0.4) is 0 Å². The van der Waals surface area contributed by atoms with Crippen LogP contribution in [-0.4, -0.2) is 16.7 Å². The fourth-order valence-electron chi connectivity index (χ4n) is 0.667. The van der Waals surface area contributed by atoms with Gasteiger partial charge in [0.2, 0.25) is 0 Å². The van der Waals surface area contributed by atoms with E-state index in [-0.39, 0.29) is 0 Å². The molecule has 49 valence electrons. The van der Waals surface area contributed by atoms with Gasteiger partial charge in [-0.3, -0.25) is 5.10 Å². The fourth-order valence-corrected chi connectivity index (χ4v) is 0.667. The van der Waals surface area contributed by atoms with Gasteiger partial charge in [-0.25, -0.2) is 0 Å². The van der Waals surface area contributed by atoms with E-state index in [2.05, 4.69) is 16.4 Å². The van der Waals surface area contributed by atoms with Crippen molar-refractivity contribution in [2.45, 2.75) is 12.8 Å². The third-order valence-electron chi connectivity index (χ3n) is 1.15. The smallest absolute Gasteiger partial charge is 0.116 e. The second-order valence-corrected chi connectivity index (χ2v) is 1.91. The molecule has 0 atom stereocenters. The van der Waals surface area contributed by atoms with Gasteiger partial charge in [0.25, 0.3) is 0 Å². The van der Waals surface area contributed by atoms with Gasteiger partial charge in [-0.15, -0.1) is 0 Å². The number of aryl methyl sites for hydroxylation is 1. The van der Waals surface area contributed by atoms with Crippen molar-refractivity contribution >= 4 is 0 Å². The van der Waals surface area contributed by atoms with Gasteiger partial charge >= 0.3 is 0 Å². The average molecular weight is 124 g/mol. The molecule has 0 saturated carbocycles. The zero-order valence-electron chi connectivity index (χ0n) is 5.22. The van der Waals surface area contributed by atoms with Crippen molar-refractivity contribution in [2.75, 3.05) is 6.54 Å². The molecule has 0 fully saturated rings. The van der Waals surface area contributed by atoms with Gasteiger partial charge in [-0.1, -0.05) is 0 Å². The van der Waals surface area contributed by atoms with Crippen LogP contribution in [0.25, 0.3) is 0 Å². The van der Waals surface area contributed by atoms with Gasteiger partial charge < -0.3 is 5.73 Å². The lowest BCUT2D eigenvalue weighted by atomic mass is 10.2. The van der Waals surface area contributed by atoms with E-state index in [1.54, 1.807) is 0 Å². The van der Waals surface area contributed by atoms with Crippen LogP contribution in [0.4, 0.5) is 0 Å². The Morgan fingerprint density at radius 3 is 3.22 bits per heavy atom. The lowest BCUT2D eigenvalue weighted by Crippen LogP contribution is -1.99. The van der Waals surface area contributed by atoms with E-state index >= 15 is 0 Å². The molecule has 3 heteroatoms. The number of nitrogens with one attached hydrogen (secondary N) is 1. The van der Waals surface area contributed by atoms with Crippen LogP contribution in [-0.2, 0) is 6.42 Å². The SMILES string of the molecule is NCCCc1[c]n[nH]c1. The highest BCUT2D eigenvalue weighted by molar-refractivity contribution is 5.00. The number of aromatic amines is 1. The van der Waals surface area contributed by atoms with E-state index < -0.39 is 0 Å². The zero-order valence-corrected chi connectivity index (χ0v) is 5.22. The number of rotatable bonds is 3. The number of nitrogens with two attached hydrogens (primary N) is 1. The summed E-state index contributed by atoms with van der Waals surface area (Å²) in [5.41, 5.74) is 6.41. The number of hydrogen-bond acceptors (Lipinski definition) is 2. The molecule has 0 amide bonds. The van der Waals surface area contributed by atoms with Gasteiger partial charge in [0, 0.05) is 6.20 Å². The van der Waals surface area contributed by atoms with Gasteiger partial charge in [0.1, 0.15) is 6.20 Å². The Kier molecular flexibility index (Phi) is 2.27. The van der Waals surface area contributed by atoms with Crippen molar-refractivity contribution in [1.82, 2.24) is 10.2 Å². The molecular weight excluding hydrogens is 114 g/mol. The molecule has 1 heterocycles. The van der Waals surface area contributed by atoms with Crippen LogP contribution >= 0.6 is 0 Å². The van der Waals surface area contributed by atoms with Gasteiger partial charge in [0.05, 0.1) is 0 Å². The van der Waals surface area contributed by atoms with Crippen LogP contribution in [0.15, 0.2) is 6.20 Å². The minimum Gasteiger partial charge on any atom is -0.330 e. The van der Waals surface area contributed by atoms with Crippen LogP contribution < -0.4 is 5.73 Å². The van der Waals surface area contributed by atoms with Crippen molar-refractivity contribution < 1.29 is 0 Å². The highest BCUT2D eigenvalue weighted by Gasteiger charge is 1.90. The summed E-state index contributed by atoms with van der Waals surface area (Å²) in [6.07, 6.45) is 6.64. The molecule has 1 aromatic heterocycles. The second kappa shape index (κ2) is 3.25. The summed E-state index contributed by atoms with van der Waals surface area (Å²) in [6.45, 7) is 0.735. The first-order valence-electron chi connectivity index (χ1n) is 3.04. The van der Waals surface area contributed by atoms with E-state index in [9.17, 15) is 0 Å². The Morgan fingerprint density at radius 2 is 2.67 bits per heavy atom. The quantitative estimate of drug-likeness (QED) is 0.600. The summed E-state index contributed by atoms with van der Waals surface area (Å²) in [6, 6.07) is 0. The van der Waals surface area contributed by atoms with Crippen LogP contribution in [0.2, 0.25) is 0 Å². The van der Waals surface area contributed by atoms with Crippen molar-refractivity contribution in [1.29, 1.82) is 0 Å². The Hall–Kier alpha value is -0.830. The topological polar surface area (TPSA) is 54.7 Å². The molecule has 0 aliphatic heterocycles. The lowest BCUT2D eigenvalue weighted by molar-refractivity contribution is 0.832. The molecule has 0 aromatic carbocycles. The Balaban J connectivity index is 2.30. The first-order chi connectivity index (χ1) is 4.43. The van der Waals surface area contributed by atoms with E-state index in [0.29, 0.717) is 0 Å². The summed E-state index contributed by atoms with van der Waals surface area (Å²) in [7, 11) is 0. The van der Waals surface area contributed by atoms with Crippen molar-refractivity contribution in [3.05, 3.63) is 18.0 Å². The van der Waals surface area contributed by atoms with Crippen molar-refractivity contribution in [2.24, 2.45) is 5.73 Å². The zero-order chi connectivity index (χ0) is 6.53. The molecule has 0 bridgehead atoms. The summed E-state index contributed by atoms with van der Waals surface area (Å²) in [5, 5.41) is 6.38. The van der Waals surface area contributed by atoms with Crippen LogP contribution in [0.1, 0.15) is 12.0 Å². The van der Waals surface area contributed by atoms with E-state index in [0.717, 1.165) is 24.9 Å².